The number of aromatic nitrogens is 1. The fraction of sp³-hybridized carbons (Fsp3) is 0.118. The van der Waals surface area contributed by atoms with Gasteiger partial charge in [-0.25, -0.2) is 13.6 Å². The van der Waals surface area contributed by atoms with E-state index in [2.05, 4.69) is 5.16 Å². The normalized spacial score (nSPS) is 13.0. The molecule has 0 spiro atoms. The monoisotopic (exact) mass is 376 g/mol. The molecule has 0 aliphatic heterocycles. The molecule has 1 atom stereocenters. The van der Waals surface area contributed by atoms with Crippen molar-refractivity contribution in [1.29, 1.82) is 0 Å². The van der Waals surface area contributed by atoms with Crippen LogP contribution in [-0.2, 0) is 21.2 Å². The van der Waals surface area contributed by atoms with Gasteiger partial charge in [0, 0.05) is 11.1 Å². The average Bonchev–Trinajstić information content (AvgIpc) is 2.95. The van der Waals surface area contributed by atoms with E-state index >= 15 is 0 Å². The summed E-state index contributed by atoms with van der Waals surface area (Å²) in [5.74, 6) is 0.481. The number of hydrogen-bond donors (Lipinski definition) is 1. The minimum Gasteiger partial charge on any atom is -0.612 e. The molecule has 2 aromatic carbocycles. The zero-order valence-electron chi connectivity index (χ0n) is 13.6. The summed E-state index contributed by atoms with van der Waals surface area (Å²) in [6.45, 7) is 1.71. The van der Waals surface area contributed by atoms with Gasteiger partial charge < -0.3 is 9.08 Å². The first kappa shape index (κ1) is 17.7. The first-order chi connectivity index (χ1) is 11.8. The lowest BCUT2D eigenvalue weighted by Crippen LogP contribution is -2.13. The van der Waals surface area contributed by atoms with Gasteiger partial charge in [0.1, 0.15) is 17.7 Å². The molecular weight excluding hydrogens is 360 g/mol. The van der Waals surface area contributed by atoms with Crippen LogP contribution in [-0.4, -0.2) is 24.4 Å². The van der Waals surface area contributed by atoms with E-state index in [0.717, 1.165) is 5.56 Å². The predicted molar refractivity (Wildman–Crippen MR) is 95.8 cm³/mol. The van der Waals surface area contributed by atoms with Gasteiger partial charge in [0.25, 0.3) is 0 Å². The van der Waals surface area contributed by atoms with Crippen molar-refractivity contribution in [3.8, 4) is 22.4 Å². The Labute approximate surface area is 148 Å². The molecule has 3 aromatic rings. The highest BCUT2D eigenvalue weighted by molar-refractivity contribution is 7.90. The topological polar surface area (TPSA) is 109 Å². The fourth-order valence-electron chi connectivity index (χ4n) is 2.61. The summed E-state index contributed by atoms with van der Waals surface area (Å²) >= 11 is -1.08. The van der Waals surface area contributed by atoms with Crippen molar-refractivity contribution in [1.82, 2.24) is 5.16 Å². The molecular formula is C17H16N2O4S2. The van der Waals surface area contributed by atoms with Gasteiger partial charge >= 0.3 is 0 Å². The van der Waals surface area contributed by atoms with Crippen molar-refractivity contribution in [3.63, 3.8) is 0 Å². The zero-order valence-corrected chi connectivity index (χ0v) is 15.2. The average molecular weight is 376 g/mol. The second-order valence-corrected chi connectivity index (χ2v) is 8.39. The largest absolute Gasteiger partial charge is 0.612 e. The first-order valence-corrected chi connectivity index (χ1v) is 10.4. The summed E-state index contributed by atoms with van der Waals surface area (Å²) in [7, 11) is -3.90. The molecule has 0 saturated carbocycles. The van der Waals surface area contributed by atoms with E-state index in [1.165, 1.54) is 6.07 Å². The zero-order chi connectivity index (χ0) is 18.2. The van der Waals surface area contributed by atoms with Crippen LogP contribution in [0.3, 0.4) is 0 Å². The van der Waals surface area contributed by atoms with Crippen LogP contribution in [0.15, 0.2) is 62.8 Å². The lowest BCUT2D eigenvalue weighted by atomic mass is 9.99. The van der Waals surface area contributed by atoms with Crippen molar-refractivity contribution < 1.29 is 17.5 Å². The van der Waals surface area contributed by atoms with Gasteiger partial charge in [-0.05, 0) is 48.4 Å². The Balaban J connectivity index is 2.20. The highest BCUT2D eigenvalue weighted by Crippen LogP contribution is 2.37. The third-order valence-corrected chi connectivity index (χ3v) is 5.69. The van der Waals surface area contributed by atoms with Crippen LogP contribution in [0.4, 0.5) is 0 Å². The third kappa shape index (κ3) is 3.47. The van der Waals surface area contributed by atoms with Crippen molar-refractivity contribution in [2.24, 2.45) is 5.14 Å². The van der Waals surface area contributed by atoms with Gasteiger partial charge in [0.2, 0.25) is 10.0 Å². The van der Waals surface area contributed by atoms with E-state index in [1.807, 2.05) is 0 Å². The predicted octanol–water partition coefficient (Wildman–Crippen LogP) is 2.70. The van der Waals surface area contributed by atoms with Crippen molar-refractivity contribution in [2.75, 3.05) is 6.26 Å². The van der Waals surface area contributed by atoms with E-state index in [0.29, 0.717) is 27.5 Å². The van der Waals surface area contributed by atoms with Gasteiger partial charge in [-0.3, -0.25) is 0 Å². The lowest BCUT2D eigenvalue weighted by molar-refractivity contribution is 0.400. The van der Waals surface area contributed by atoms with Crippen LogP contribution < -0.4 is 5.14 Å². The number of primary sulfonamides is 1. The highest BCUT2D eigenvalue weighted by atomic mass is 32.2. The van der Waals surface area contributed by atoms with Crippen LogP contribution in [0.1, 0.15) is 5.76 Å². The molecule has 8 heteroatoms. The fourth-order valence-corrected chi connectivity index (χ4v) is 3.88. The Bertz CT molecular complexity index is 1010. The maximum absolute atomic E-state index is 11.9. The standard InChI is InChI=1S/C17H16N2O4S2/c1-11-16(14-5-3-4-6-15(14)25(18,21)22)17(19-23-11)12-7-9-13(10-8-12)24(2)20/h3-10H,1-2H3,(H2,18,21,22). The minimum atomic E-state index is -3.90. The molecule has 1 heterocycles. The van der Waals surface area contributed by atoms with Gasteiger partial charge in [-0.15, -0.1) is 0 Å². The molecule has 0 amide bonds. The number of rotatable bonds is 4. The Morgan fingerprint density at radius 1 is 1.12 bits per heavy atom. The summed E-state index contributed by atoms with van der Waals surface area (Å²) < 4.78 is 40.7. The molecule has 1 aromatic heterocycles. The van der Waals surface area contributed by atoms with E-state index in [9.17, 15) is 13.0 Å². The van der Waals surface area contributed by atoms with Crippen LogP contribution in [0, 0.1) is 6.92 Å². The van der Waals surface area contributed by atoms with Gasteiger partial charge in [0.05, 0.1) is 10.5 Å². The summed E-state index contributed by atoms with van der Waals surface area (Å²) in [5, 5.41) is 9.42. The third-order valence-electron chi connectivity index (χ3n) is 3.79. The maximum atomic E-state index is 11.9. The molecule has 0 aliphatic carbocycles. The lowest BCUT2D eigenvalue weighted by Gasteiger charge is -2.09. The van der Waals surface area contributed by atoms with E-state index in [-0.39, 0.29) is 4.90 Å². The molecule has 0 bridgehead atoms. The number of hydrogen-bond acceptors (Lipinski definition) is 5. The van der Waals surface area contributed by atoms with E-state index < -0.39 is 21.2 Å². The molecule has 6 nitrogen and oxygen atoms in total. The maximum Gasteiger partial charge on any atom is 0.238 e. The van der Waals surface area contributed by atoms with Crippen LogP contribution in [0.5, 0.6) is 0 Å². The second-order valence-electron chi connectivity index (χ2n) is 5.48. The van der Waals surface area contributed by atoms with Gasteiger partial charge in [0.15, 0.2) is 4.90 Å². The highest BCUT2D eigenvalue weighted by Gasteiger charge is 2.23. The Hall–Kier alpha value is -2.13. The molecule has 3 rings (SSSR count). The number of nitrogens with two attached hydrogens (primary N) is 1. The Morgan fingerprint density at radius 3 is 2.36 bits per heavy atom. The second kappa shape index (κ2) is 6.64. The van der Waals surface area contributed by atoms with Crippen molar-refractivity contribution in [3.05, 3.63) is 54.3 Å². The molecule has 0 aliphatic rings. The van der Waals surface area contributed by atoms with E-state index in [1.54, 1.807) is 55.6 Å². The number of benzene rings is 2. The summed E-state index contributed by atoms with van der Waals surface area (Å²) in [6.07, 6.45) is 1.60. The molecule has 0 radical (unpaired) electrons. The Morgan fingerprint density at radius 2 is 1.76 bits per heavy atom. The number of aryl methyl sites for hydroxylation is 1. The van der Waals surface area contributed by atoms with Crippen LogP contribution >= 0.6 is 0 Å². The van der Waals surface area contributed by atoms with Crippen LogP contribution in [0.25, 0.3) is 22.4 Å². The quantitative estimate of drug-likeness (QED) is 0.704. The molecule has 25 heavy (non-hydrogen) atoms. The molecule has 130 valence electrons. The SMILES string of the molecule is Cc1onc(-c2ccc([S+](C)[O-])cc2)c1-c1ccccc1S(N)(=O)=O. The molecule has 2 N–H and O–H groups in total. The number of nitrogens with zero attached hydrogens (tertiary/aromatic N) is 1. The summed E-state index contributed by atoms with van der Waals surface area (Å²) in [4.78, 5) is 0.698. The molecule has 0 fully saturated rings. The van der Waals surface area contributed by atoms with Crippen molar-refractivity contribution >= 4 is 21.2 Å². The summed E-state index contributed by atoms with van der Waals surface area (Å²) in [5.41, 5.74) is 2.23. The number of sulfonamides is 1. The Kier molecular flexibility index (Phi) is 4.70. The smallest absolute Gasteiger partial charge is 0.238 e. The van der Waals surface area contributed by atoms with Gasteiger partial charge in [-0.1, -0.05) is 23.4 Å². The van der Waals surface area contributed by atoms with E-state index in [4.69, 9.17) is 9.66 Å². The minimum absolute atomic E-state index is 0.00818. The van der Waals surface area contributed by atoms with Crippen molar-refractivity contribution in [2.45, 2.75) is 16.7 Å². The van der Waals surface area contributed by atoms with Gasteiger partial charge in [-0.2, -0.15) is 0 Å². The summed E-state index contributed by atoms with van der Waals surface area (Å²) in [6, 6.07) is 13.5. The first-order valence-electron chi connectivity index (χ1n) is 7.31. The molecule has 0 saturated heterocycles. The molecule has 1 unspecified atom stereocenters. The van der Waals surface area contributed by atoms with Crippen LogP contribution in [0.2, 0.25) is 0 Å².